The monoisotopic (exact) mass is 278 g/mol. The molecular formula is C15H16ClFN2. The minimum absolute atomic E-state index is 0.0687. The van der Waals surface area contributed by atoms with E-state index in [9.17, 15) is 4.39 Å². The van der Waals surface area contributed by atoms with Gasteiger partial charge in [0.1, 0.15) is 5.82 Å². The summed E-state index contributed by atoms with van der Waals surface area (Å²) in [5, 5.41) is 3.52. The van der Waals surface area contributed by atoms with Crippen molar-refractivity contribution in [3.63, 3.8) is 0 Å². The fourth-order valence-electron chi connectivity index (χ4n) is 2.04. The molecule has 2 aromatic rings. The number of nitrogens with one attached hydrogen (secondary N) is 1. The van der Waals surface area contributed by atoms with Crippen molar-refractivity contribution in [1.29, 1.82) is 0 Å². The molecule has 0 aliphatic heterocycles. The molecule has 0 bridgehead atoms. The predicted octanol–water partition coefficient (Wildman–Crippen LogP) is 3.77. The van der Waals surface area contributed by atoms with E-state index in [1.54, 1.807) is 18.5 Å². The summed E-state index contributed by atoms with van der Waals surface area (Å²) < 4.78 is 13.5. The topological polar surface area (TPSA) is 24.9 Å². The number of pyridine rings is 1. The normalized spacial score (nSPS) is 12.4. The lowest BCUT2D eigenvalue weighted by atomic mass is 9.99. The van der Waals surface area contributed by atoms with E-state index in [1.165, 1.54) is 6.07 Å². The molecule has 2 nitrogen and oxygen atoms in total. The van der Waals surface area contributed by atoms with Crippen LogP contribution in [-0.2, 0) is 6.42 Å². The van der Waals surface area contributed by atoms with Crippen LogP contribution in [-0.4, -0.2) is 11.5 Å². The Morgan fingerprint density at radius 1 is 1.26 bits per heavy atom. The third-order valence-electron chi connectivity index (χ3n) is 2.99. The van der Waals surface area contributed by atoms with Crippen LogP contribution in [0.3, 0.4) is 0 Å². The largest absolute Gasteiger partial charge is 0.310 e. The van der Waals surface area contributed by atoms with Crippen molar-refractivity contribution in [2.24, 2.45) is 0 Å². The SMILES string of the molecule is CCNC(Cc1ccncc1)c1ccc(Cl)c(F)c1. The highest BCUT2D eigenvalue weighted by Crippen LogP contribution is 2.23. The van der Waals surface area contributed by atoms with Gasteiger partial charge in [-0.05, 0) is 48.4 Å². The van der Waals surface area contributed by atoms with Crippen molar-refractivity contribution < 1.29 is 4.39 Å². The first-order valence-electron chi connectivity index (χ1n) is 6.28. The molecule has 1 atom stereocenters. The van der Waals surface area contributed by atoms with E-state index < -0.39 is 0 Å². The summed E-state index contributed by atoms with van der Waals surface area (Å²) in [6, 6.07) is 8.96. The first-order chi connectivity index (χ1) is 9.20. The van der Waals surface area contributed by atoms with Gasteiger partial charge in [0, 0.05) is 18.4 Å². The molecule has 0 aliphatic carbocycles. The fourth-order valence-corrected chi connectivity index (χ4v) is 2.16. The number of halogens is 2. The van der Waals surface area contributed by atoms with Crippen LogP contribution in [0.15, 0.2) is 42.7 Å². The first kappa shape index (κ1) is 14.0. The van der Waals surface area contributed by atoms with Crippen LogP contribution in [0.4, 0.5) is 4.39 Å². The summed E-state index contributed by atoms with van der Waals surface area (Å²) in [6.45, 7) is 2.85. The summed E-state index contributed by atoms with van der Waals surface area (Å²) in [7, 11) is 0. The summed E-state index contributed by atoms with van der Waals surface area (Å²) in [4.78, 5) is 4.00. The van der Waals surface area contributed by atoms with Gasteiger partial charge in [0.15, 0.2) is 0 Å². The Balaban J connectivity index is 2.21. The van der Waals surface area contributed by atoms with E-state index >= 15 is 0 Å². The number of hydrogen-bond donors (Lipinski definition) is 1. The van der Waals surface area contributed by atoms with Crippen LogP contribution >= 0.6 is 11.6 Å². The van der Waals surface area contributed by atoms with E-state index in [2.05, 4.69) is 10.3 Å². The smallest absolute Gasteiger partial charge is 0.142 e. The van der Waals surface area contributed by atoms with Gasteiger partial charge in [-0.1, -0.05) is 24.6 Å². The third-order valence-corrected chi connectivity index (χ3v) is 3.29. The lowest BCUT2D eigenvalue weighted by molar-refractivity contribution is 0.542. The second-order valence-corrected chi connectivity index (χ2v) is 4.75. The molecule has 0 saturated heterocycles. The predicted molar refractivity (Wildman–Crippen MR) is 75.8 cm³/mol. The van der Waals surface area contributed by atoms with Crippen molar-refractivity contribution in [2.45, 2.75) is 19.4 Å². The molecule has 0 fully saturated rings. The highest BCUT2D eigenvalue weighted by molar-refractivity contribution is 6.30. The molecule has 0 amide bonds. The number of aromatic nitrogens is 1. The van der Waals surface area contributed by atoms with Crippen LogP contribution in [0, 0.1) is 5.82 Å². The van der Waals surface area contributed by atoms with E-state index in [0.717, 1.165) is 24.1 Å². The molecule has 0 aliphatic rings. The van der Waals surface area contributed by atoms with Gasteiger partial charge in [-0.3, -0.25) is 4.98 Å². The van der Waals surface area contributed by atoms with Crippen LogP contribution < -0.4 is 5.32 Å². The van der Waals surface area contributed by atoms with Crippen LogP contribution in [0.2, 0.25) is 5.02 Å². The molecule has 1 unspecified atom stereocenters. The molecule has 0 saturated carbocycles. The van der Waals surface area contributed by atoms with Gasteiger partial charge in [-0.2, -0.15) is 0 Å². The van der Waals surface area contributed by atoms with E-state index in [0.29, 0.717) is 0 Å². The average Bonchev–Trinajstić information content (AvgIpc) is 2.43. The average molecular weight is 279 g/mol. The summed E-state index contributed by atoms with van der Waals surface area (Å²) in [5.74, 6) is -0.378. The highest BCUT2D eigenvalue weighted by atomic mass is 35.5. The molecule has 4 heteroatoms. The second-order valence-electron chi connectivity index (χ2n) is 4.34. The number of hydrogen-bond acceptors (Lipinski definition) is 2. The van der Waals surface area contributed by atoms with Gasteiger partial charge >= 0.3 is 0 Å². The zero-order valence-corrected chi connectivity index (χ0v) is 11.5. The summed E-state index contributed by atoms with van der Waals surface area (Å²) in [5.41, 5.74) is 2.07. The lowest BCUT2D eigenvalue weighted by Crippen LogP contribution is -2.23. The van der Waals surface area contributed by atoms with Gasteiger partial charge in [0.25, 0.3) is 0 Å². The molecule has 100 valence electrons. The quantitative estimate of drug-likeness (QED) is 0.901. The Morgan fingerprint density at radius 3 is 2.63 bits per heavy atom. The molecule has 0 radical (unpaired) electrons. The zero-order chi connectivity index (χ0) is 13.7. The lowest BCUT2D eigenvalue weighted by Gasteiger charge is -2.18. The maximum Gasteiger partial charge on any atom is 0.142 e. The number of rotatable bonds is 5. The Kier molecular flexibility index (Phi) is 4.88. The number of likely N-dealkylation sites (N-methyl/N-ethyl adjacent to an activating group) is 1. The van der Waals surface area contributed by atoms with Crippen molar-refractivity contribution in [2.75, 3.05) is 6.54 Å². The third kappa shape index (κ3) is 3.75. The molecule has 0 spiro atoms. The first-order valence-corrected chi connectivity index (χ1v) is 6.65. The van der Waals surface area contributed by atoms with E-state index in [1.807, 2.05) is 25.1 Å². The maximum atomic E-state index is 13.5. The summed E-state index contributed by atoms with van der Waals surface area (Å²) in [6.07, 6.45) is 4.32. The standard InChI is InChI=1S/C15H16ClFN2/c1-2-19-15(9-11-5-7-18-8-6-11)12-3-4-13(16)14(17)10-12/h3-8,10,15,19H,2,9H2,1H3. The Labute approximate surface area is 117 Å². The zero-order valence-electron chi connectivity index (χ0n) is 10.7. The fraction of sp³-hybridized carbons (Fsp3) is 0.267. The number of benzene rings is 1. The second kappa shape index (κ2) is 6.64. The molecule has 1 aromatic carbocycles. The molecular weight excluding hydrogens is 263 g/mol. The summed E-state index contributed by atoms with van der Waals surface area (Å²) >= 11 is 5.72. The van der Waals surface area contributed by atoms with Crippen molar-refractivity contribution in [3.8, 4) is 0 Å². The van der Waals surface area contributed by atoms with Crippen LogP contribution in [0.25, 0.3) is 0 Å². The minimum Gasteiger partial charge on any atom is -0.310 e. The number of nitrogens with zero attached hydrogens (tertiary/aromatic N) is 1. The Hall–Kier alpha value is -1.45. The molecule has 1 N–H and O–H groups in total. The van der Waals surface area contributed by atoms with Gasteiger partial charge < -0.3 is 5.32 Å². The van der Waals surface area contributed by atoms with Crippen molar-refractivity contribution in [3.05, 3.63) is 64.7 Å². The van der Waals surface area contributed by atoms with Crippen LogP contribution in [0.5, 0.6) is 0 Å². The van der Waals surface area contributed by atoms with Gasteiger partial charge in [0.2, 0.25) is 0 Å². The minimum atomic E-state index is -0.378. The molecule has 1 aromatic heterocycles. The van der Waals surface area contributed by atoms with E-state index in [4.69, 9.17) is 11.6 Å². The van der Waals surface area contributed by atoms with Crippen LogP contribution in [0.1, 0.15) is 24.1 Å². The highest BCUT2D eigenvalue weighted by Gasteiger charge is 2.13. The Morgan fingerprint density at radius 2 is 2.00 bits per heavy atom. The Bertz CT molecular complexity index is 531. The van der Waals surface area contributed by atoms with Gasteiger partial charge in [0.05, 0.1) is 5.02 Å². The van der Waals surface area contributed by atoms with Gasteiger partial charge in [-0.25, -0.2) is 4.39 Å². The van der Waals surface area contributed by atoms with Gasteiger partial charge in [-0.15, -0.1) is 0 Å². The molecule has 2 rings (SSSR count). The van der Waals surface area contributed by atoms with Crippen molar-refractivity contribution >= 4 is 11.6 Å². The van der Waals surface area contributed by atoms with Crippen molar-refractivity contribution in [1.82, 2.24) is 10.3 Å². The van der Waals surface area contributed by atoms with E-state index in [-0.39, 0.29) is 16.9 Å². The molecule has 19 heavy (non-hydrogen) atoms. The maximum absolute atomic E-state index is 13.5. The molecule has 1 heterocycles.